The van der Waals surface area contributed by atoms with Gasteiger partial charge in [0.05, 0.1) is 0 Å². The molecule has 0 aliphatic rings. The van der Waals surface area contributed by atoms with Crippen LogP contribution in [0.15, 0.2) is 18.2 Å². The SMILES string of the molecule is CNc1ccc(C(=O)N(C)C(C)CSC)c(C)c1. The molecule has 1 aromatic carbocycles. The van der Waals surface area contributed by atoms with E-state index in [-0.39, 0.29) is 11.9 Å². The number of amides is 1. The van der Waals surface area contributed by atoms with Crippen molar-refractivity contribution in [2.24, 2.45) is 0 Å². The highest BCUT2D eigenvalue weighted by Crippen LogP contribution is 2.17. The van der Waals surface area contributed by atoms with Gasteiger partial charge in [-0.15, -0.1) is 0 Å². The Bertz CT molecular complexity index is 420. The number of rotatable bonds is 5. The first-order valence-electron chi connectivity index (χ1n) is 6.05. The summed E-state index contributed by atoms with van der Waals surface area (Å²) in [7, 11) is 3.75. The number of aryl methyl sites for hydroxylation is 1. The molecule has 0 radical (unpaired) electrons. The molecule has 0 saturated carbocycles. The quantitative estimate of drug-likeness (QED) is 0.889. The molecule has 0 heterocycles. The summed E-state index contributed by atoms with van der Waals surface area (Å²) in [5.74, 6) is 1.05. The summed E-state index contributed by atoms with van der Waals surface area (Å²) in [5.41, 5.74) is 2.82. The summed E-state index contributed by atoms with van der Waals surface area (Å²) in [6.45, 7) is 4.05. The maximum absolute atomic E-state index is 12.4. The van der Waals surface area contributed by atoms with Crippen molar-refractivity contribution in [1.29, 1.82) is 0 Å². The van der Waals surface area contributed by atoms with Crippen molar-refractivity contribution in [2.45, 2.75) is 19.9 Å². The predicted molar refractivity (Wildman–Crippen MR) is 80.7 cm³/mol. The number of nitrogens with zero attached hydrogens (tertiary/aromatic N) is 1. The van der Waals surface area contributed by atoms with Crippen molar-refractivity contribution in [3.05, 3.63) is 29.3 Å². The number of thioether (sulfide) groups is 1. The molecule has 100 valence electrons. The monoisotopic (exact) mass is 266 g/mol. The molecule has 3 nitrogen and oxygen atoms in total. The average molecular weight is 266 g/mol. The van der Waals surface area contributed by atoms with Gasteiger partial charge < -0.3 is 10.2 Å². The maximum Gasteiger partial charge on any atom is 0.254 e. The van der Waals surface area contributed by atoms with Crippen molar-refractivity contribution in [2.75, 3.05) is 31.4 Å². The van der Waals surface area contributed by atoms with Crippen molar-refractivity contribution < 1.29 is 4.79 Å². The zero-order valence-corrected chi connectivity index (χ0v) is 12.6. The van der Waals surface area contributed by atoms with E-state index in [1.165, 1.54) is 0 Å². The molecule has 18 heavy (non-hydrogen) atoms. The van der Waals surface area contributed by atoms with Crippen molar-refractivity contribution in [1.82, 2.24) is 4.90 Å². The lowest BCUT2D eigenvalue weighted by Crippen LogP contribution is -2.36. The molecule has 0 fully saturated rings. The fourth-order valence-electron chi connectivity index (χ4n) is 1.80. The van der Waals surface area contributed by atoms with Gasteiger partial charge in [-0.3, -0.25) is 4.79 Å². The second-order valence-electron chi connectivity index (χ2n) is 4.50. The van der Waals surface area contributed by atoms with Gasteiger partial charge in [0, 0.05) is 37.1 Å². The second-order valence-corrected chi connectivity index (χ2v) is 5.41. The fourth-order valence-corrected chi connectivity index (χ4v) is 2.51. The third-order valence-electron chi connectivity index (χ3n) is 3.13. The van der Waals surface area contributed by atoms with Gasteiger partial charge in [0.25, 0.3) is 5.91 Å². The Kier molecular flexibility index (Phi) is 5.54. The van der Waals surface area contributed by atoms with Gasteiger partial charge in [-0.2, -0.15) is 11.8 Å². The third kappa shape index (κ3) is 3.42. The molecule has 0 aromatic heterocycles. The minimum Gasteiger partial charge on any atom is -0.388 e. The Morgan fingerprint density at radius 2 is 2.17 bits per heavy atom. The molecule has 1 amide bonds. The predicted octanol–water partition coefficient (Wildman–Crippen LogP) is 2.86. The highest BCUT2D eigenvalue weighted by molar-refractivity contribution is 7.98. The molecule has 0 bridgehead atoms. The van der Waals surface area contributed by atoms with Gasteiger partial charge >= 0.3 is 0 Å². The van der Waals surface area contributed by atoms with Crippen LogP contribution in [0, 0.1) is 6.92 Å². The number of carbonyl (C=O) groups is 1. The molecule has 1 atom stereocenters. The molecule has 4 heteroatoms. The van der Waals surface area contributed by atoms with Gasteiger partial charge in [-0.25, -0.2) is 0 Å². The number of anilines is 1. The Hall–Kier alpha value is -1.16. The molecular weight excluding hydrogens is 244 g/mol. The van der Waals surface area contributed by atoms with E-state index in [1.807, 2.05) is 44.1 Å². The first-order chi connectivity index (χ1) is 8.51. The molecule has 0 spiro atoms. The van der Waals surface area contributed by atoms with Gasteiger partial charge in [0.1, 0.15) is 0 Å². The standard InChI is InChI=1S/C14H22N2OS/c1-10-8-12(15-3)6-7-13(10)14(17)16(4)11(2)9-18-5/h6-8,11,15H,9H2,1-5H3. The van der Waals surface area contributed by atoms with Crippen LogP contribution in [-0.4, -0.2) is 43.0 Å². The lowest BCUT2D eigenvalue weighted by atomic mass is 10.1. The van der Waals surface area contributed by atoms with Crippen molar-refractivity contribution >= 4 is 23.4 Å². The van der Waals surface area contributed by atoms with E-state index in [4.69, 9.17) is 0 Å². The number of hydrogen-bond acceptors (Lipinski definition) is 3. The fraction of sp³-hybridized carbons (Fsp3) is 0.500. The Morgan fingerprint density at radius 1 is 1.50 bits per heavy atom. The average Bonchev–Trinajstić information content (AvgIpc) is 2.37. The topological polar surface area (TPSA) is 32.3 Å². The van der Waals surface area contributed by atoms with Crippen LogP contribution >= 0.6 is 11.8 Å². The van der Waals surface area contributed by atoms with E-state index in [0.717, 1.165) is 22.6 Å². The second kappa shape index (κ2) is 6.69. The Morgan fingerprint density at radius 3 is 2.67 bits per heavy atom. The summed E-state index contributed by atoms with van der Waals surface area (Å²) >= 11 is 1.76. The van der Waals surface area contributed by atoms with E-state index in [2.05, 4.69) is 18.5 Å². The van der Waals surface area contributed by atoms with Crippen LogP contribution < -0.4 is 5.32 Å². The van der Waals surface area contributed by atoms with Crippen molar-refractivity contribution in [3.63, 3.8) is 0 Å². The van der Waals surface area contributed by atoms with Gasteiger partial charge in [-0.05, 0) is 43.9 Å². The summed E-state index contributed by atoms with van der Waals surface area (Å²) in [4.78, 5) is 14.2. The highest BCUT2D eigenvalue weighted by Gasteiger charge is 2.18. The number of carbonyl (C=O) groups excluding carboxylic acids is 1. The van der Waals surface area contributed by atoms with E-state index < -0.39 is 0 Å². The third-order valence-corrected chi connectivity index (χ3v) is 3.95. The minimum absolute atomic E-state index is 0.0942. The van der Waals surface area contributed by atoms with E-state index in [0.29, 0.717) is 0 Å². The zero-order valence-electron chi connectivity index (χ0n) is 11.8. The molecular formula is C14H22N2OS. The molecule has 1 N–H and O–H groups in total. The summed E-state index contributed by atoms with van der Waals surface area (Å²) in [5, 5.41) is 3.08. The maximum atomic E-state index is 12.4. The van der Waals surface area contributed by atoms with Gasteiger partial charge in [0.2, 0.25) is 0 Å². The number of nitrogens with one attached hydrogen (secondary N) is 1. The Balaban J connectivity index is 2.90. The van der Waals surface area contributed by atoms with Crippen molar-refractivity contribution in [3.8, 4) is 0 Å². The molecule has 0 saturated heterocycles. The smallest absolute Gasteiger partial charge is 0.254 e. The van der Waals surface area contributed by atoms with E-state index in [1.54, 1.807) is 11.8 Å². The molecule has 1 aromatic rings. The Labute approximate surface area is 114 Å². The lowest BCUT2D eigenvalue weighted by Gasteiger charge is -2.25. The summed E-state index contributed by atoms with van der Waals surface area (Å²) in [6.07, 6.45) is 2.06. The lowest BCUT2D eigenvalue weighted by molar-refractivity contribution is 0.0757. The summed E-state index contributed by atoms with van der Waals surface area (Å²) < 4.78 is 0. The van der Waals surface area contributed by atoms with Crippen LogP contribution in [0.1, 0.15) is 22.8 Å². The van der Waals surface area contributed by atoms with Crippen LogP contribution in [0.5, 0.6) is 0 Å². The largest absolute Gasteiger partial charge is 0.388 e. The van der Waals surface area contributed by atoms with E-state index in [9.17, 15) is 4.79 Å². The van der Waals surface area contributed by atoms with Crippen LogP contribution in [0.3, 0.4) is 0 Å². The molecule has 1 rings (SSSR count). The highest BCUT2D eigenvalue weighted by atomic mass is 32.2. The van der Waals surface area contributed by atoms with Crippen LogP contribution in [0.4, 0.5) is 5.69 Å². The van der Waals surface area contributed by atoms with Crippen LogP contribution in [-0.2, 0) is 0 Å². The zero-order chi connectivity index (χ0) is 13.7. The minimum atomic E-state index is 0.0942. The first kappa shape index (κ1) is 14.9. The number of hydrogen-bond donors (Lipinski definition) is 1. The van der Waals surface area contributed by atoms with Gasteiger partial charge in [-0.1, -0.05) is 0 Å². The summed E-state index contributed by atoms with van der Waals surface area (Å²) in [6, 6.07) is 6.08. The molecule has 0 aliphatic heterocycles. The van der Waals surface area contributed by atoms with Crippen LogP contribution in [0.25, 0.3) is 0 Å². The van der Waals surface area contributed by atoms with E-state index >= 15 is 0 Å². The normalized spacial score (nSPS) is 12.1. The molecule has 1 unspecified atom stereocenters. The first-order valence-corrected chi connectivity index (χ1v) is 7.45. The number of benzene rings is 1. The van der Waals surface area contributed by atoms with Crippen LogP contribution in [0.2, 0.25) is 0 Å². The van der Waals surface area contributed by atoms with Gasteiger partial charge in [0.15, 0.2) is 0 Å². The molecule has 0 aliphatic carbocycles.